The Hall–Kier alpha value is -2.01. The number of para-hydroxylation sites is 2. The molecule has 5 nitrogen and oxygen atoms in total. The van der Waals surface area contributed by atoms with E-state index < -0.39 is 0 Å². The molecule has 104 valence electrons. The highest BCUT2D eigenvalue weighted by Gasteiger charge is 2.14. The van der Waals surface area contributed by atoms with Crippen LogP contribution < -0.4 is 10.6 Å². The van der Waals surface area contributed by atoms with Gasteiger partial charge in [0.2, 0.25) is 0 Å². The first kappa shape index (κ1) is 13.0. The first-order chi connectivity index (χ1) is 9.83. The van der Waals surface area contributed by atoms with Crippen LogP contribution in [0.4, 0.5) is 0 Å². The van der Waals surface area contributed by atoms with Gasteiger partial charge in [0.05, 0.1) is 17.2 Å². The minimum absolute atomic E-state index is 0.152. The lowest BCUT2D eigenvalue weighted by Crippen LogP contribution is -2.31. The van der Waals surface area contributed by atoms with E-state index in [1.807, 2.05) is 24.3 Å². The molecule has 1 fully saturated rings. The molecule has 1 aromatic carbocycles. The van der Waals surface area contributed by atoms with E-state index in [0.29, 0.717) is 18.3 Å². The number of carbonyl (C=O) groups excluding carboxylic acids is 1. The molecule has 0 unspecified atom stereocenters. The predicted octanol–water partition coefficient (Wildman–Crippen LogP) is 1.50. The van der Waals surface area contributed by atoms with Crippen molar-refractivity contribution in [2.45, 2.75) is 25.3 Å². The number of nitrogens with zero attached hydrogens (tertiary/aromatic N) is 2. The summed E-state index contributed by atoms with van der Waals surface area (Å²) in [6.07, 6.45) is 4.93. The average Bonchev–Trinajstić information content (AvgIpc) is 3.00. The molecular weight excluding hydrogens is 252 g/mol. The zero-order valence-electron chi connectivity index (χ0n) is 11.3. The number of aromatic nitrogens is 2. The lowest BCUT2D eigenvalue weighted by molar-refractivity contribution is 0.0947. The monoisotopic (exact) mass is 270 g/mol. The van der Waals surface area contributed by atoms with E-state index in [2.05, 4.69) is 20.6 Å². The van der Waals surface area contributed by atoms with E-state index in [1.54, 1.807) is 0 Å². The maximum absolute atomic E-state index is 12.0. The Labute approximate surface area is 117 Å². The maximum atomic E-state index is 12.0. The average molecular weight is 270 g/mol. The molecule has 0 radical (unpaired) electrons. The van der Waals surface area contributed by atoms with Crippen molar-refractivity contribution >= 4 is 16.9 Å². The molecule has 1 aromatic heterocycles. The van der Waals surface area contributed by atoms with Crippen LogP contribution in [0, 0.1) is 0 Å². The number of rotatable bonds is 4. The Morgan fingerprint density at radius 3 is 3.00 bits per heavy atom. The number of carbonyl (C=O) groups is 1. The van der Waals surface area contributed by atoms with Gasteiger partial charge in [-0.3, -0.25) is 9.78 Å². The zero-order chi connectivity index (χ0) is 13.8. The van der Waals surface area contributed by atoms with Crippen molar-refractivity contribution < 1.29 is 4.79 Å². The molecule has 2 N–H and O–H groups in total. The van der Waals surface area contributed by atoms with Crippen LogP contribution in [0.3, 0.4) is 0 Å². The summed E-state index contributed by atoms with van der Waals surface area (Å²) in [5, 5.41) is 6.32. The molecule has 0 spiro atoms. The Morgan fingerprint density at radius 2 is 2.20 bits per heavy atom. The van der Waals surface area contributed by atoms with Crippen LogP contribution in [0.1, 0.15) is 29.8 Å². The van der Waals surface area contributed by atoms with Gasteiger partial charge in [0.25, 0.3) is 5.91 Å². The molecule has 3 rings (SSSR count). The van der Waals surface area contributed by atoms with E-state index in [4.69, 9.17) is 0 Å². The van der Waals surface area contributed by atoms with E-state index in [-0.39, 0.29) is 5.91 Å². The highest BCUT2D eigenvalue weighted by atomic mass is 16.1. The Morgan fingerprint density at radius 1 is 1.35 bits per heavy atom. The van der Waals surface area contributed by atoms with Gasteiger partial charge in [0.1, 0.15) is 5.69 Å². The minimum Gasteiger partial charge on any atom is -0.351 e. The molecule has 1 aliphatic heterocycles. The van der Waals surface area contributed by atoms with Gasteiger partial charge in [-0.25, -0.2) is 4.98 Å². The first-order valence-corrected chi connectivity index (χ1v) is 7.06. The largest absolute Gasteiger partial charge is 0.351 e. The third-order valence-electron chi connectivity index (χ3n) is 3.62. The Balaban J connectivity index is 1.60. The summed E-state index contributed by atoms with van der Waals surface area (Å²) >= 11 is 0. The van der Waals surface area contributed by atoms with Crippen molar-refractivity contribution in [1.82, 2.24) is 20.6 Å². The molecule has 1 amide bonds. The summed E-state index contributed by atoms with van der Waals surface area (Å²) in [6.45, 7) is 1.76. The Bertz CT molecular complexity index is 608. The van der Waals surface area contributed by atoms with Crippen molar-refractivity contribution in [3.05, 3.63) is 36.2 Å². The van der Waals surface area contributed by atoms with Crippen LogP contribution in [0.5, 0.6) is 0 Å². The fourth-order valence-electron chi connectivity index (χ4n) is 2.52. The molecule has 0 bridgehead atoms. The Kier molecular flexibility index (Phi) is 3.87. The standard InChI is InChI=1S/C15H18N4O/c20-15(17-9-7-11-4-3-8-16-11)14-10-18-12-5-1-2-6-13(12)19-14/h1-2,5-6,10-11,16H,3-4,7-9H2,(H,17,20)/t11-/m1/s1. The molecule has 1 atom stereocenters. The first-order valence-electron chi connectivity index (χ1n) is 7.06. The van der Waals surface area contributed by atoms with Crippen molar-refractivity contribution in [3.63, 3.8) is 0 Å². The number of hydrogen-bond acceptors (Lipinski definition) is 4. The second kappa shape index (κ2) is 5.96. The van der Waals surface area contributed by atoms with Crippen LogP contribution >= 0.6 is 0 Å². The SMILES string of the molecule is O=C(NCC[C@H]1CCCN1)c1cnc2ccccc2n1. The fourth-order valence-corrected chi connectivity index (χ4v) is 2.52. The lowest BCUT2D eigenvalue weighted by Gasteiger charge is -2.10. The van der Waals surface area contributed by atoms with Gasteiger partial charge in [-0.1, -0.05) is 12.1 Å². The number of nitrogens with one attached hydrogen (secondary N) is 2. The summed E-state index contributed by atoms with van der Waals surface area (Å²) in [5.41, 5.74) is 1.93. The van der Waals surface area contributed by atoms with Crippen LogP contribution in [0.25, 0.3) is 11.0 Å². The number of fused-ring (bicyclic) bond motifs is 1. The molecular formula is C15H18N4O. The van der Waals surface area contributed by atoms with Gasteiger partial charge in [0, 0.05) is 12.6 Å². The molecule has 1 aliphatic rings. The number of amides is 1. The summed E-state index contributed by atoms with van der Waals surface area (Å²) in [7, 11) is 0. The van der Waals surface area contributed by atoms with Gasteiger partial charge < -0.3 is 10.6 Å². The predicted molar refractivity (Wildman–Crippen MR) is 77.5 cm³/mol. The molecule has 2 heterocycles. The topological polar surface area (TPSA) is 66.9 Å². The van der Waals surface area contributed by atoms with Gasteiger partial charge >= 0.3 is 0 Å². The molecule has 0 aliphatic carbocycles. The van der Waals surface area contributed by atoms with Crippen LogP contribution in [-0.2, 0) is 0 Å². The van der Waals surface area contributed by atoms with E-state index in [9.17, 15) is 4.79 Å². The zero-order valence-corrected chi connectivity index (χ0v) is 11.3. The normalized spacial score (nSPS) is 18.3. The highest BCUT2D eigenvalue weighted by molar-refractivity contribution is 5.93. The van der Waals surface area contributed by atoms with Crippen molar-refractivity contribution in [2.75, 3.05) is 13.1 Å². The molecule has 1 saturated heterocycles. The molecule has 2 aromatic rings. The van der Waals surface area contributed by atoms with E-state index in [1.165, 1.54) is 19.0 Å². The van der Waals surface area contributed by atoms with Crippen molar-refractivity contribution in [1.29, 1.82) is 0 Å². The van der Waals surface area contributed by atoms with Crippen molar-refractivity contribution in [2.24, 2.45) is 0 Å². The molecule has 20 heavy (non-hydrogen) atoms. The lowest BCUT2D eigenvalue weighted by atomic mass is 10.1. The maximum Gasteiger partial charge on any atom is 0.271 e. The third-order valence-corrected chi connectivity index (χ3v) is 3.62. The summed E-state index contributed by atoms with van der Waals surface area (Å²) in [6, 6.07) is 8.09. The van der Waals surface area contributed by atoms with Gasteiger partial charge in [0.15, 0.2) is 0 Å². The van der Waals surface area contributed by atoms with Crippen LogP contribution in [-0.4, -0.2) is 35.0 Å². The number of benzene rings is 1. The van der Waals surface area contributed by atoms with Gasteiger partial charge in [-0.05, 0) is 37.9 Å². The summed E-state index contributed by atoms with van der Waals surface area (Å²) < 4.78 is 0. The second-order valence-electron chi connectivity index (χ2n) is 5.08. The van der Waals surface area contributed by atoms with Gasteiger partial charge in [-0.2, -0.15) is 0 Å². The summed E-state index contributed by atoms with van der Waals surface area (Å²) in [4.78, 5) is 20.6. The van der Waals surface area contributed by atoms with Crippen LogP contribution in [0.15, 0.2) is 30.5 Å². The molecule has 0 saturated carbocycles. The smallest absolute Gasteiger partial charge is 0.271 e. The van der Waals surface area contributed by atoms with Crippen LogP contribution in [0.2, 0.25) is 0 Å². The highest BCUT2D eigenvalue weighted by Crippen LogP contribution is 2.09. The quantitative estimate of drug-likeness (QED) is 0.883. The van der Waals surface area contributed by atoms with E-state index in [0.717, 1.165) is 24.0 Å². The van der Waals surface area contributed by atoms with Crippen molar-refractivity contribution in [3.8, 4) is 0 Å². The second-order valence-corrected chi connectivity index (χ2v) is 5.08. The molecule has 5 heteroatoms. The van der Waals surface area contributed by atoms with E-state index >= 15 is 0 Å². The fraction of sp³-hybridized carbons (Fsp3) is 0.400. The summed E-state index contributed by atoms with van der Waals surface area (Å²) in [5.74, 6) is -0.152. The third kappa shape index (κ3) is 2.93. The van der Waals surface area contributed by atoms with Gasteiger partial charge in [-0.15, -0.1) is 0 Å². The minimum atomic E-state index is -0.152. The number of hydrogen-bond donors (Lipinski definition) is 2.